The van der Waals surface area contributed by atoms with Gasteiger partial charge in [-0.3, -0.25) is 9.59 Å². The number of nitrogens with zero attached hydrogens (tertiary/aromatic N) is 2. The van der Waals surface area contributed by atoms with Crippen LogP contribution in [-0.4, -0.2) is 47.0 Å². The number of piperidine rings is 1. The lowest BCUT2D eigenvalue weighted by Gasteiger charge is -2.32. The molecule has 2 N–H and O–H groups in total. The smallest absolute Gasteiger partial charge is 0.289 e. The van der Waals surface area contributed by atoms with Crippen LogP contribution in [0.3, 0.4) is 0 Å². The van der Waals surface area contributed by atoms with Crippen LogP contribution in [0.4, 0.5) is 0 Å². The van der Waals surface area contributed by atoms with E-state index in [1.54, 1.807) is 29.2 Å². The van der Waals surface area contributed by atoms with Crippen molar-refractivity contribution in [3.05, 3.63) is 40.4 Å². The van der Waals surface area contributed by atoms with Crippen LogP contribution < -0.4 is 10.9 Å². The summed E-state index contributed by atoms with van der Waals surface area (Å²) in [6.07, 6.45) is 2.01. The summed E-state index contributed by atoms with van der Waals surface area (Å²) in [5.41, 5.74) is 0.276. The number of amides is 1. The second kappa shape index (κ2) is 5.65. The van der Waals surface area contributed by atoms with E-state index in [4.69, 9.17) is 0 Å². The molecule has 6 heteroatoms. The third-order valence-corrected chi connectivity index (χ3v) is 3.93. The molecule has 0 radical (unpaired) electrons. The SMILES string of the molecule is CNC1CCCN(C(=O)c2nc3ccccc3c(=O)[nH]2)C1. The summed E-state index contributed by atoms with van der Waals surface area (Å²) in [4.78, 5) is 33.2. The van der Waals surface area contributed by atoms with Gasteiger partial charge in [-0.05, 0) is 32.0 Å². The summed E-state index contributed by atoms with van der Waals surface area (Å²) in [6, 6.07) is 7.33. The number of H-pyrrole nitrogens is 1. The number of aromatic amines is 1. The van der Waals surface area contributed by atoms with Crippen molar-refractivity contribution in [3.63, 3.8) is 0 Å². The Labute approximate surface area is 122 Å². The molecule has 1 fully saturated rings. The Kier molecular flexibility index (Phi) is 3.70. The maximum Gasteiger partial charge on any atom is 0.289 e. The molecule has 0 aliphatic carbocycles. The maximum absolute atomic E-state index is 12.5. The lowest BCUT2D eigenvalue weighted by atomic mass is 10.1. The van der Waals surface area contributed by atoms with Gasteiger partial charge in [0, 0.05) is 19.1 Å². The van der Waals surface area contributed by atoms with Crippen LogP contribution in [0.25, 0.3) is 10.9 Å². The summed E-state index contributed by atoms with van der Waals surface area (Å²) in [5, 5.41) is 3.70. The molecule has 1 aliphatic heterocycles. The largest absolute Gasteiger partial charge is 0.334 e. The van der Waals surface area contributed by atoms with Gasteiger partial charge >= 0.3 is 0 Å². The highest BCUT2D eigenvalue weighted by atomic mass is 16.2. The van der Waals surface area contributed by atoms with Crippen LogP contribution >= 0.6 is 0 Å². The minimum absolute atomic E-state index is 0.121. The number of aromatic nitrogens is 2. The topological polar surface area (TPSA) is 78.1 Å². The molecule has 0 saturated carbocycles. The van der Waals surface area contributed by atoms with Gasteiger partial charge in [0.25, 0.3) is 11.5 Å². The van der Waals surface area contributed by atoms with Gasteiger partial charge < -0.3 is 15.2 Å². The first-order chi connectivity index (χ1) is 10.2. The molecule has 1 aliphatic rings. The summed E-state index contributed by atoms with van der Waals surface area (Å²) < 4.78 is 0. The molecule has 1 amide bonds. The van der Waals surface area contributed by atoms with Gasteiger partial charge in [-0.2, -0.15) is 0 Å². The van der Waals surface area contributed by atoms with Crippen LogP contribution in [0.1, 0.15) is 23.5 Å². The minimum Gasteiger partial charge on any atom is -0.334 e. The van der Waals surface area contributed by atoms with Gasteiger partial charge in [0.05, 0.1) is 10.9 Å². The van der Waals surface area contributed by atoms with Crippen molar-refractivity contribution in [2.45, 2.75) is 18.9 Å². The predicted molar refractivity (Wildman–Crippen MR) is 80.3 cm³/mol. The molecule has 0 bridgehead atoms. The Morgan fingerprint density at radius 1 is 1.43 bits per heavy atom. The van der Waals surface area contributed by atoms with E-state index in [-0.39, 0.29) is 17.3 Å². The Morgan fingerprint density at radius 3 is 3.05 bits per heavy atom. The van der Waals surface area contributed by atoms with Crippen LogP contribution in [0, 0.1) is 0 Å². The quantitative estimate of drug-likeness (QED) is 0.854. The molecule has 3 rings (SSSR count). The zero-order chi connectivity index (χ0) is 14.8. The second-order valence-corrected chi connectivity index (χ2v) is 5.31. The first kappa shape index (κ1) is 13.8. The number of likely N-dealkylation sites (tertiary alicyclic amines) is 1. The standard InChI is InChI=1S/C15H18N4O2/c1-16-10-5-4-8-19(9-10)15(21)13-17-12-7-3-2-6-11(12)14(20)18-13/h2-3,6-7,10,16H,4-5,8-9H2,1H3,(H,17,18,20). The van der Waals surface area contributed by atoms with Crippen molar-refractivity contribution in [1.29, 1.82) is 0 Å². The van der Waals surface area contributed by atoms with Gasteiger partial charge in [-0.15, -0.1) is 0 Å². The van der Waals surface area contributed by atoms with Crippen molar-refractivity contribution in [2.24, 2.45) is 0 Å². The Bertz CT molecular complexity index is 725. The number of para-hydroxylation sites is 1. The van der Waals surface area contributed by atoms with Crippen LogP contribution in [-0.2, 0) is 0 Å². The lowest BCUT2D eigenvalue weighted by Crippen LogP contribution is -2.47. The zero-order valence-corrected chi connectivity index (χ0v) is 11.9. The van der Waals surface area contributed by atoms with E-state index < -0.39 is 0 Å². The first-order valence-electron chi connectivity index (χ1n) is 7.14. The Balaban J connectivity index is 1.93. The zero-order valence-electron chi connectivity index (χ0n) is 11.9. The molecule has 0 spiro atoms. The summed E-state index contributed by atoms with van der Waals surface area (Å²) >= 11 is 0. The summed E-state index contributed by atoms with van der Waals surface area (Å²) in [6.45, 7) is 1.35. The summed E-state index contributed by atoms with van der Waals surface area (Å²) in [5.74, 6) is -0.0896. The second-order valence-electron chi connectivity index (χ2n) is 5.31. The number of hydrogen-bond acceptors (Lipinski definition) is 4. The van der Waals surface area contributed by atoms with Crippen molar-refractivity contribution < 1.29 is 4.79 Å². The van der Waals surface area contributed by atoms with Gasteiger partial charge in [-0.1, -0.05) is 12.1 Å². The van der Waals surface area contributed by atoms with Crippen LogP contribution in [0.2, 0.25) is 0 Å². The molecule has 1 unspecified atom stereocenters. The molecule has 1 saturated heterocycles. The van der Waals surface area contributed by atoms with E-state index in [1.807, 2.05) is 7.05 Å². The number of nitrogens with one attached hydrogen (secondary N) is 2. The van der Waals surface area contributed by atoms with Gasteiger partial charge in [-0.25, -0.2) is 4.98 Å². The first-order valence-corrected chi connectivity index (χ1v) is 7.14. The predicted octanol–water partition coefficient (Wildman–Crippen LogP) is 0.747. The van der Waals surface area contributed by atoms with Crippen molar-refractivity contribution in [2.75, 3.05) is 20.1 Å². The van der Waals surface area contributed by atoms with E-state index >= 15 is 0 Å². The number of hydrogen-bond donors (Lipinski definition) is 2. The van der Waals surface area contributed by atoms with Crippen LogP contribution in [0.5, 0.6) is 0 Å². The average Bonchev–Trinajstić information content (AvgIpc) is 2.54. The Hall–Kier alpha value is -2.21. The number of fused-ring (bicyclic) bond motifs is 1. The minimum atomic E-state index is -0.272. The number of rotatable bonds is 2. The highest BCUT2D eigenvalue weighted by Gasteiger charge is 2.25. The number of carbonyl (C=O) groups excluding carboxylic acids is 1. The highest BCUT2D eigenvalue weighted by molar-refractivity contribution is 5.92. The number of carbonyl (C=O) groups is 1. The van der Waals surface area contributed by atoms with Crippen molar-refractivity contribution >= 4 is 16.8 Å². The molecule has 21 heavy (non-hydrogen) atoms. The molecule has 1 aromatic heterocycles. The molecule has 2 aromatic rings. The molecular weight excluding hydrogens is 268 g/mol. The van der Waals surface area contributed by atoms with Gasteiger partial charge in [0.15, 0.2) is 5.82 Å². The van der Waals surface area contributed by atoms with Gasteiger partial charge in [0.1, 0.15) is 0 Å². The average molecular weight is 286 g/mol. The maximum atomic E-state index is 12.5. The van der Waals surface area contributed by atoms with Gasteiger partial charge in [0.2, 0.25) is 0 Å². The number of likely N-dealkylation sites (N-methyl/N-ethyl adjacent to an activating group) is 1. The van der Waals surface area contributed by atoms with Crippen molar-refractivity contribution in [1.82, 2.24) is 20.2 Å². The fourth-order valence-electron chi connectivity index (χ4n) is 2.73. The monoisotopic (exact) mass is 286 g/mol. The van der Waals surface area contributed by atoms with Crippen LogP contribution in [0.15, 0.2) is 29.1 Å². The molecule has 6 nitrogen and oxygen atoms in total. The molecule has 1 aromatic carbocycles. The third kappa shape index (κ3) is 2.67. The van der Waals surface area contributed by atoms with E-state index in [0.717, 1.165) is 12.8 Å². The van der Waals surface area contributed by atoms with E-state index in [2.05, 4.69) is 15.3 Å². The normalized spacial score (nSPS) is 18.9. The Morgan fingerprint density at radius 2 is 2.24 bits per heavy atom. The number of benzene rings is 1. The molecule has 1 atom stereocenters. The molecule has 110 valence electrons. The van der Waals surface area contributed by atoms with E-state index in [0.29, 0.717) is 30.0 Å². The lowest BCUT2D eigenvalue weighted by molar-refractivity contribution is 0.0686. The molecular formula is C15H18N4O2. The van der Waals surface area contributed by atoms with E-state index in [1.165, 1.54) is 0 Å². The fourth-order valence-corrected chi connectivity index (χ4v) is 2.73. The third-order valence-electron chi connectivity index (χ3n) is 3.93. The van der Waals surface area contributed by atoms with Crippen molar-refractivity contribution in [3.8, 4) is 0 Å². The highest BCUT2D eigenvalue weighted by Crippen LogP contribution is 2.13. The van der Waals surface area contributed by atoms with E-state index in [9.17, 15) is 9.59 Å². The molecule has 2 heterocycles. The fraction of sp³-hybridized carbons (Fsp3) is 0.400. The summed E-state index contributed by atoms with van der Waals surface area (Å²) in [7, 11) is 1.90.